The predicted octanol–water partition coefficient (Wildman–Crippen LogP) is 8.30. The number of aliphatic carboxylic acids is 2. The molecule has 12 rings (SSSR count). The number of ether oxygens (including phenoxy) is 2. The number of amidine groups is 2. The molecule has 4 fully saturated rings. The lowest BCUT2D eigenvalue weighted by molar-refractivity contribution is -0.139. The van der Waals surface area contributed by atoms with Crippen LogP contribution in [0.25, 0.3) is 0 Å². The second-order valence-corrected chi connectivity index (χ2v) is 25.2. The van der Waals surface area contributed by atoms with Crippen molar-refractivity contribution in [3.05, 3.63) is 190 Å². The predicted molar refractivity (Wildman–Crippen MR) is 340 cm³/mol. The van der Waals surface area contributed by atoms with Gasteiger partial charge in [0.25, 0.3) is 0 Å². The van der Waals surface area contributed by atoms with E-state index in [1.54, 1.807) is 47.3 Å². The van der Waals surface area contributed by atoms with Crippen LogP contribution in [-0.4, -0.2) is 184 Å². The molecule has 8 heterocycles. The second kappa shape index (κ2) is 28.4. The van der Waals surface area contributed by atoms with E-state index in [4.69, 9.17) is 41.3 Å². The normalized spacial score (nSPS) is 20.1. The largest absolute Gasteiger partial charge is 0.481 e. The van der Waals surface area contributed by atoms with Crippen LogP contribution in [0.2, 0.25) is 5.02 Å². The third-order valence-electron chi connectivity index (χ3n) is 16.3. The van der Waals surface area contributed by atoms with Crippen LogP contribution in [0.1, 0.15) is 63.3 Å². The number of carbonyl (C=O) groups is 6. The van der Waals surface area contributed by atoms with E-state index in [-0.39, 0.29) is 54.2 Å². The third kappa shape index (κ3) is 14.7. The number of nitrogens with zero attached hydrogens (tertiary/aromatic N) is 10. The molecule has 4 amide bonds. The Morgan fingerprint density at radius 3 is 1.77 bits per heavy atom. The molecule has 0 radical (unpaired) electrons. The highest BCUT2D eigenvalue weighted by Gasteiger charge is 2.44. The quantitative estimate of drug-likeness (QED) is 0.0556. The van der Waals surface area contributed by atoms with Gasteiger partial charge in [-0.2, -0.15) is 0 Å². The van der Waals surface area contributed by atoms with E-state index in [9.17, 15) is 37.5 Å². The minimum atomic E-state index is -0.890. The van der Waals surface area contributed by atoms with Gasteiger partial charge in [-0.15, -0.1) is 22.7 Å². The zero-order chi connectivity index (χ0) is 64.0. The number of carboxylic acids is 2. The first-order chi connectivity index (χ1) is 43.9. The summed E-state index contributed by atoms with van der Waals surface area (Å²) in [6.45, 7) is 7.41. The monoisotopic (exact) mass is 1360 g/mol. The van der Waals surface area contributed by atoms with Gasteiger partial charge in [0.1, 0.15) is 23.7 Å². The van der Waals surface area contributed by atoms with Crippen molar-refractivity contribution in [1.82, 2.24) is 45.1 Å². The molecule has 6 aromatic rings. The first-order valence-electron chi connectivity index (χ1n) is 29.2. The van der Waals surface area contributed by atoms with Crippen molar-refractivity contribution in [2.75, 3.05) is 84.1 Å². The van der Waals surface area contributed by atoms with Gasteiger partial charge in [0.2, 0.25) is 0 Å². The number of amides is 4. The van der Waals surface area contributed by atoms with Gasteiger partial charge in [-0.3, -0.25) is 34.3 Å². The molecule has 6 aliphatic rings. The highest BCUT2D eigenvalue weighted by molar-refractivity contribution is 9.10. The van der Waals surface area contributed by atoms with E-state index in [1.165, 1.54) is 60.1 Å². The average molecular weight is 1360 g/mol. The third-order valence-corrected chi connectivity index (χ3v) is 18.9. The Morgan fingerprint density at radius 1 is 0.670 bits per heavy atom. The maximum atomic E-state index is 14.1. The van der Waals surface area contributed by atoms with E-state index >= 15 is 0 Å². The van der Waals surface area contributed by atoms with Crippen molar-refractivity contribution >= 4 is 104 Å². The number of rotatable bonds is 19. The highest BCUT2D eigenvalue weighted by atomic mass is 79.9. The van der Waals surface area contributed by atoms with Crippen LogP contribution < -0.4 is 15.5 Å². The number of halogens is 4. The molecule has 6 aliphatic heterocycles. The van der Waals surface area contributed by atoms with Crippen LogP contribution in [0.4, 0.5) is 24.1 Å². The Hall–Kier alpha value is -8.47. The van der Waals surface area contributed by atoms with Crippen molar-refractivity contribution in [2.24, 2.45) is 9.98 Å². The van der Waals surface area contributed by atoms with Crippen molar-refractivity contribution < 1.29 is 57.2 Å². The molecule has 4 atom stereocenters. The molecule has 0 bridgehead atoms. The molecule has 0 saturated carbocycles. The molecule has 0 spiro atoms. The summed E-state index contributed by atoms with van der Waals surface area (Å²) in [5, 5.41) is 29.8. The molecule has 4 N–H and O–H groups in total. The molecular weight excluding hydrogens is 1300 g/mol. The number of hydrogen-bond donors (Lipinski definition) is 4. The molecule has 0 aliphatic carbocycles. The standard InChI is InChI=1S/C32H32BrFN6O5S.C31H30ClFN6O5S/c1-2-45-31(43)27-25(36-29(30-35-11-14-46-30)37-28(27)23-9-6-20(34)15-24(23)33)18-38-12-13-39-22(16-38)17-40(32(39)44)21-7-3-19(4-8-21)5-10-26(41)42;1-44-30(42)26-24(35-28(29-34-8-11-45-29)36-27(26)22-7-6-20(33)13-23(22)32)17-37-9-10-39-21(15-37)16-38(31(39)43)14-19-4-2-18(3-5-19)12-25(40)41/h3-4,6-9,11,14-15,22,28H,2,5,10,12-13,16-18H2,1H3,(H,36,37)(H,41,42);2-8,11,13,21,27H,9-10,12,14-17H2,1H3,(H,35,36)(H,40,41)/t22-,28-;21-,27-/m00/s1. The van der Waals surface area contributed by atoms with Crippen LogP contribution in [0.5, 0.6) is 0 Å². The van der Waals surface area contributed by atoms with Crippen LogP contribution >= 0.6 is 50.2 Å². The number of methoxy groups -OCH3 is 1. The van der Waals surface area contributed by atoms with Crippen LogP contribution in [0.3, 0.4) is 0 Å². The molecule has 0 unspecified atom stereocenters. The van der Waals surface area contributed by atoms with E-state index in [2.05, 4.69) is 46.3 Å². The van der Waals surface area contributed by atoms with E-state index in [1.807, 2.05) is 57.0 Å². The number of hydrogen-bond acceptors (Lipinski definition) is 18. The number of urea groups is 2. The number of esters is 2. The summed E-state index contributed by atoms with van der Waals surface area (Å²) in [5.74, 6) is -2.78. The van der Waals surface area contributed by atoms with Crippen LogP contribution in [0.15, 0.2) is 145 Å². The summed E-state index contributed by atoms with van der Waals surface area (Å²) in [7, 11) is 1.30. The summed E-state index contributed by atoms with van der Waals surface area (Å²) in [4.78, 5) is 106. The van der Waals surface area contributed by atoms with Gasteiger partial charge in [-0.1, -0.05) is 76.1 Å². The Labute approximate surface area is 543 Å². The first-order valence-corrected chi connectivity index (χ1v) is 32.1. The number of aliphatic imine (C=N–C) groups is 2. The SMILES string of the molecule is CCOC(=O)C1=C(CN2CCN3C(=O)N(c4ccc(CCC(=O)O)cc4)C[C@@H]3C2)NC(c2nccs2)=N[C@H]1c1ccc(F)cc1Br.COC(=O)C1=C(CN2CCN3C(=O)N(Cc4ccc(CC(=O)O)cc4)C[C@@H]3C2)NC(c2nccs2)=N[C@H]1c1ccc(F)cc1Cl. The average Bonchev–Trinajstić information content (AvgIpc) is 1.45. The van der Waals surface area contributed by atoms with Crippen molar-refractivity contribution in [2.45, 2.75) is 56.9 Å². The number of carbonyl (C=O) groups excluding carboxylic acids is 4. The van der Waals surface area contributed by atoms with Gasteiger partial charge < -0.3 is 45.0 Å². The molecular formula is C63H62BrClF2N12O10S2. The van der Waals surface area contributed by atoms with E-state index < -0.39 is 47.6 Å². The second-order valence-electron chi connectivity index (χ2n) is 22.2. The maximum Gasteiger partial charge on any atom is 0.338 e. The van der Waals surface area contributed by atoms with Crippen molar-refractivity contribution in [3.63, 3.8) is 0 Å². The van der Waals surface area contributed by atoms with Gasteiger partial charge in [0, 0.05) is 134 Å². The molecule has 28 heteroatoms. The Kier molecular flexibility index (Phi) is 20.0. The molecule has 4 aromatic carbocycles. The zero-order valence-corrected chi connectivity index (χ0v) is 53.2. The van der Waals surface area contributed by atoms with Gasteiger partial charge >= 0.3 is 35.9 Å². The first kappa shape index (κ1) is 64.1. The van der Waals surface area contributed by atoms with Crippen molar-refractivity contribution in [3.8, 4) is 0 Å². The van der Waals surface area contributed by atoms with Crippen LogP contribution in [0, 0.1) is 11.6 Å². The summed E-state index contributed by atoms with van der Waals surface area (Å²) >= 11 is 12.7. The number of thiazole rings is 2. The smallest absolute Gasteiger partial charge is 0.338 e. The number of aryl methyl sites for hydroxylation is 1. The Balaban J connectivity index is 0.000000187. The van der Waals surface area contributed by atoms with Gasteiger partial charge in [0.05, 0.1) is 43.4 Å². The van der Waals surface area contributed by atoms with Crippen LogP contribution in [-0.2, 0) is 48.0 Å². The summed E-state index contributed by atoms with van der Waals surface area (Å²) < 4.78 is 39.2. The molecule has 474 valence electrons. The number of fused-ring (bicyclic) bond motifs is 2. The van der Waals surface area contributed by atoms with Gasteiger partial charge in [-0.05, 0) is 72.0 Å². The van der Waals surface area contributed by atoms with E-state index in [0.717, 1.165) is 16.8 Å². The number of benzene rings is 4. The summed E-state index contributed by atoms with van der Waals surface area (Å²) in [6.07, 6.45) is 3.78. The zero-order valence-electron chi connectivity index (χ0n) is 49.3. The Morgan fingerprint density at radius 2 is 1.22 bits per heavy atom. The number of aromatic nitrogens is 2. The molecule has 91 heavy (non-hydrogen) atoms. The lowest BCUT2D eigenvalue weighted by Crippen LogP contribution is -2.53. The fraction of sp³-hybridized carbons (Fsp3) is 0.333. The lowest BCUT2D eigenvalue weighted by Gasteiger charge is -2.38. The minimum Gasteiger partial charge on any atom is -0.481 e. The number of nitrogens with one attached hydrogen (secondary N) is 2. The van der Waals surface area contributed by atoms with Gasteiger partial charge in [0.15, 0.2) is 21.7 Å². The van der Waals surface area contributed by atoms with Gasteiger partial charge in [-0.25, -0.2) is 37.9 Å². The van der Waals surface area contributed by atoms with E-state index in [0.29, 0.717) is 138 Å². The maximum absolute atomic E-state index is 14.1. The minimum absolute atomic E-state index is 0.0382. The Bertz CT molecular complexity index is 3880. The molecule has 2 aromatic heterocycles. The highest BCUT2D eigenvalue weighted by Crippen LogP contribution is 2.40. The fourth-order valence-corrected chi connectivity index (χ4v) is 14.0. The number of anilines is 1. The van der Waals surface area contributed by atoms with Crippen molar-refractivity contribution in [1.29, 1.82) is 0 Å². The summed E-state index contributed by atoms with van der Waals surface area (Å²) in [5.41, 5.74) is 6.17. The fourth-order valence-electron chi connectivity index (χ4n) is 12.0. The molecule has 22 nitrogen and oxygen atoms in total. The number of carboxylic acid groups (broad SMARTS) is 2. The summed E-state index contributed by atoms with van der Waals surface area (Å²) in [6, 6.07) is 21.2. The lowest BCUT2D eigenvalue weighted by atomic mass is 9.95. The number of piperazine rings is 2. The molecule has 4 saturated heterocycles. The topological polar surface area (TPSA) is 255 Å².